The summed E-state index contributed by atoms with van der Waals surface area (Å²) in [5, 5.41) is 8.92. The molecule has 1 heterocycles. The molecule has 0 aliphatic rings. The van der Waals surface area contributed by atoms with Crippen molar-refractivity contribution in [2.75, 3.05) is 5.73 Å². The van der Waals surface area contributed by atoms with Gasteiger partial charge < -0.3 is 17.2 Å². The third kappa shape index (κ3) is 3.05. The second kappa shape index (κ2) is 5.46. The van der Waals surface area contributed by atoms with Crippen LogP contribution in [0.3, 0.4) is 0 Å². The van der Waals surface area contributed by atoms with E-state index in [0.29, 0.717) is 15.8 Å². The van der Waals surface area contributed by atoms with Crippen molar-refractivity contribution in [2.45, 2.75) is 0 Å². The summed E-state index contributed by atoms with van der Waals surface area (Å²) in [6.45, 7) is 0. The number of hydrogen-bond acceptors (Lipinski definition) is 5. The van der Waals surface area contributed by atoms with E-state index < -0.39 is 0 Å². The molecule has 6 N–H and O–H groups in total. The van der Waals surface area contributed by atoms with Crippen LogP contribution in [-0.2, 0) is 0 Å². The Balaban J connectivity index is 0.00000144. The number of nitrogens with zero attached hydrogens (tertiary/aromatic N) is 3. The van der Waals surface area contributed by atoms with Gasteiger partial charge in [-0.25, -0.2) is 0 Å². The van der Waals surface area contributed by atoms with Gasteiger partial charge in [0.25, 0.3) is 0 Å². The Bertz CT molecular complexity index is 534. The second-order valence-corrected chi connectivity index (χ2v) is 3.97. The van der Waals surface area contributed by atoms with E-state index in [0.717, 1.165) is 5.56 Å². The van der Waals surface area contributed by atoms with Gasteiger partial charge >= 0.3 is 0 Å². The van der Waals surface area contributed by atoms with Gasteiger partial charge in [-0.1, -0.05) is 23.5 Å². The van der Waals surface area contributed by atoms with Crippen LogP contribution in [0.25, 0.3) is 10.6 Å². The van der Waals surface area contributed by atoms with E-state index in [1.165, 1.54) is 11.3 Å². The topological polar surface area (TPSA) is 116 Å². The molecule has 1 aromatic carbocycles. The number of nitrogens with two attached hydrogens (primary N) is 3. The molecule has 0 atom stereocenters. The fourth-order valence-corrected chi connectivity index (χ4v) is 1.95. The van der Waals surface area contributed by atoms with Crippen molar-refractivity contribution in [3.8, 4) is 10.6 Å². The van der Waals surface area contributed by atoms with E-state index in [4.69, 9.17) is 17.2 Å². The fourth-order valence-electron chi connectivity index (χ4n) is 1.17. The van der Waals surface area contributed by atoms with Crippen LogP contribution in [0.2, 0.25) is 0 Å². The monoisotopic (exact) mass is 270 g/mol. The second-order valence-electron chi connectivity index (χ2n) is 3.01. The van der Waals surface area contributed by atoms with Gasteiger partial charge in [-0.2, -0.15) is 4.99 Å². The summed E-state index contributed by atoms with van der Waals surface area (Å²) in [6.07, 6.45) is 0. The summed E-state index contributed by atoms with van der Waals surface area (Å²) < 4.78 is 0. The summed E-state index contributed by atoms with van der Waals surface area (Å²) in [6, 6.07) is 7.41. The molecule has 6 nitrogen and oxygen atoms in total. The molecular formula is C9H11ClN6S. The van der Waals surface area contributed by atoms with Crippen molar-refractivity contribution in [3.05, 3.63) is 24.3 Å². The molecule has 0 unspecified atom stereocenters. The van der Waals surface area contributed by atoms with Crippen LogP contribution >= 0.6 is 23.7 Å². The van der Waals surface area contributed by atoms with Crippen LogP contribution < -0.4 is 17.2 Å². The zero-order chi connectivity index (χ0) is 11.5. The van der Waals surface area contributed by atoms with Crippen LogP contribution in [-0.4, -0.2) is 16.2 Å². The Morgan fingerprint density at radius 2 is 1.88 bits per heavy atom. The Kier molecular flexibility index (Phi) is 4.24. The maximum absolute atomic E-state index is 5.82. The lowest BCUT2D eigenvalue weighted by Gasteiger charge is -1.98. The van der Waals surface area contributed by atoms with E-state index >= 15 is 0 Å². The molecule has 0 amide bonds. The molecule has 1 aromatic heterocycles. The smallest absolute Gasteiger partial charge is 0.235 e. The van der Waals surface area contributed by atoms with Crippen LogP contribution in [0.5, 0.6) is 0 Å². The largest absolute Gasteiger partial charge is 0.398 e. The SMILES string of the molecule is Cl.NC(N)=Nc1nnc(-c2ccccc2N)s1. The standard InChI is InChI=1S/C9H10N6S.ClH/c10-6-4-2-1-3-5(6)7-14-15-9(16-7)13-8(11)12;/h1-4H,10H2,(H4,11,12,13,15);1H. The molecule has 2 rings (SSSR count). The van der Waals surface area contributed by atoms with Gasteiger partial charge in [0.1, 0.15) is 0 Å². The third-order valence-corrected chi connectivity index (χ3v) is 2.68. The highest BCUT2D eigenvalue weighted by atomic mass is 35.5. The highest BCUT2D eigenvalue weighted by Crippen LogP contribution is 2.31. The minimum atomic E-state index is -0.0382. The van der Waals surface area contributed by atoms with E-state index in [-0.39, 0.29) is 18.4 Å². The van der Waals surface area contributed by atoms with Crippen molar-refractivity contribution < 1.29 is 0 Å². The lowest BCUT2D eigenvalue weighted by atomic mass is 10.2. The van der Waals surface area contributed by atoms with Gasteiger partial charge in [-0.05, 0) is 12.1 Å². The molecule has 0 saturated heterocycles. The first-order chi connectivity index (χ1) is 7.66. The Labute approximate surface area is 108 Å². The molecule has 2 aromatic rings. The van der Waals surface area contributed by atoms with Gasteiger partial charge in [0, 0.05) is 11.3 Å². The van der Waals surface area contributed by atoms with Crippen LogP contribution in [0.4, 0.5) is 10.8 Å². The molecule has 0 saturated carbocycles. The number of hydrogen-bond donors (Lipinski definition) is 3. The molecule has 0 bridgehead atoms. The zero-order valence-corrected chi connectivity index (χ0v) is 10.3. The minimum Gasteiger partial charge on any atom is -0.398 e. The number of aliphatic imine (C=N–C) groups is 1. The van der Waals surface area contributed by atoms with Crippen LogP contribution in [0.15, 0.2) is 29.3 Å². The van der Waals surface area contributed by atoms with Crippen molar-refractivity contribution in [2.24, 2.45) is 16.5 Å². The van der Waals surface area contributed by atoms with Crippen molar-refractivity contribution in [1.29, 1.82) is 0 Å². The van der Waals surface area contributed by atoms with E-state index in [9.17, 15) is 0 Å². The number of rotatable bonds is 2. The highest BCUT2D eigenvalue weighted by molar-refractivity contribution is 7.18. The van der Waals surface area contributed by atoms with Gasteiger partial charge in [0.2, 0.25) is 5.13 Å². The maximum atomic E-state index is 5.82. The van der Waals surface area contributed by atoms with E-state index in [1.54, 1.807) is 6.07 Å². The third-order valence-electron chi connectivity index (χ3n) is 1.83. The summed E-state index contributed by atoms with van der Waals surface area (Å²) in [5.41, 5.74) is 17.8. The highest BCUT2D eigenvalue weighted by Gasteiger charge is 2.08. The van der Waals surface area contributed by atoms with Crippen LogP contribution in [0, 0.1) is 0 Å². The van der Waals surface area contributed by atoms with E-state index in [2.05, 4.69) is 15.2 Å². The predicted molar refractivity (Wildman–Crippen MR) is 72.5 cm³/mol. The molecule has 0 fully saturated rings. The molecule has 17 heavy (non-hydrogen) atoms. The number of anilines is 1. The number of nitrogen functional groups attached to an aromatic ring is 1. The average Bonchev–Trinajstić information content (AvgIpc) is 2.66. The number of aromatic nitrogens is 2. The first-order valence-electron chi connectivity index (χ1n) is 4.45. The molecule has 90 valence electrons. The molecule has 0 radical (unpaired) electrons. The normalized spacial score (nSPS) is 9.41. The number of benzene rings is 1. The molecule has 0 aliphatic heterocycles. The van der Waals surface area contributed by atoms with Crippen molar-refractivity contribution in [3.63, 3.8) is 0 Å². The number of halogens is 1. The summed E-state index contributed by atoms with van der Waals surface area (Å²) in [4.78, 5) is 3.81. The Morgan fingerprint density at radius 3 is 2.53 bits per heavy atom. The lowest BCUT2D eigenvalue weighted by Crippen LogP contribution is -2.21. The van der Waals surface area contributed by atoms with Crippen LogP contribution in [0.1, 0.15) is 0 Å². The minimum absolute atomic E-state index is 0. The summed E-state index contributed by atoms with van der Waals surface area (Å²) in [5.74, 6) is -0.0382. The van der Waals surface area contributed by atoms with Gasteiger partial charge in [-0.15, -0.1) is 22.6 Å². The molecule has 0 aliphatic carbocycles. The maximum Gasteiger partial charge on any atom is 0.235 e. The number of guanidine groups is 1. The average molecular weight is 271 g/mol. The predicted octanol–water partition coefficient (Wildman–Crippen LogP) is 1.11. The van der Waals surface area contributed by atoms with Gasteiger partial charge in [0.05, 0.1) is 0 Å². The van der Waals surface area contributed by atoms with Crippen molar-refractivity contribution >= 4 is 40.5 Å². The van der Waals surface area contributed by atoms with Gasteiger partial charge in [0.15, 0.2) is 11.0 Å². The molecule has 8 heteroatoms. The fraction of sp³-hybridized carbons (Fsp3) is 0. The quantitative estimate of drug-likeness (QED) is 0.429. The summed E-state index contributed by atoms with van der Waals surface area (Å²) >= 11 is 1.28. The molecule has 0 spiro atoms. The zero-order valence-electron chi connectivity index (χ0n) is 8.70. The lowest BCUT2D eigenvalue weighted by molar-refractivity contribution is 1.08. The Hall–Kier alpha value is -1.86. The summed E-state index contributed by atoms with van der Waals surface area (Å²) in [7, 11) is 0. The number of para-hydroxylation sites is 1. The van der Waals surface area contributed by atoms with Gasteiger partial charge in [-0.3, -0.25) is 0 Å². The molecular weight excluding hydrogens is 260 g/mol. The Morgan fingerprint density at radius 1 is 1.18 bits per heavy atom. The first-order valence-corrected chi connectivity index (χ1v) is 5.26. The van der Waals surface area contributed by atoms with Crippen molar-refractivity contribution in [1.82, 2.24) is 10.2 Å². The first kappa shape index (κ1) is 13.2. The van der Waals surface area contributed by atoms with E-state index in [1.807, 2.05) is 18.2 Å².